The van der Waals surface area contributed by atoms with Crippen molar-refractivity contribution in [3.05, 3.63) is 70.6 Å². The Bertz CT molecular complexity index is 915. The molecular weight excluding hydrogens is 306 g/mol. The molecular formula is C18H13N3OS. The number of hydrogen-bond donors (Lipinski definition) is 0. The van der Waals surface area contributed by atoms with E-state index in [0.717, 1.165) is 21.7 Å². The van der Waals surface area contributed by atoms with E-state index in [1.807, 2.05) is 54.8 Å². The Kier molecular flexibility index (Phi) is 3.28. The number of nitrogens with zero attached hydrogens (tertiary/aromatic N) is 3. The molecule has 4 nitrogen and oxygen atoms in total. The van der Waals surface area contributed by atoms with Crippen LogP contribution < -0.4 is 0 Å². The number of benzene rings is 1. The van der Waals surface area contributed by atoms with Gasteiger partial charge in [-0.15, -0.1) is 11.3 Å². The maximum Gasteiger partial charge on any atom is 0.238 e. The maximum atomic E-state index is 5.77. The Morgan fingerprint density at radius 3 is 2.61 bits per heavy atom. The minimum Gasteiger partial charge on any atom is -0.437 e. The molecule has 1 aliphatic heterocycles. The van der Waals surface area contributed by atoms with E-state index in [-0.39, 0.29) is 0 Å². The first kappa shape index (κ1) is 13.8. The number of thiophene rings is 1. The molecule has 23 heavy (non-hydrogen) atoms. The highest BCUT2D eigenvalue weighted by molar-refractivity contribution is 7.12. The zero-order valence-corrected chi connectivity index (χ0v) is 13.3. The van der Waals surface area contributed by atoms with E-state index >= 15 is 0 Å². The van der Waals surface area contributed by atoms with Crippen LogP contribution in [0.2, 0.25) is 0 Å². The number of aryl methyl sites for hydroxylation is 1. The number of aromatic nitrogens is 2. The molecule has 0 spiro atoms. The van der Waals surface area contributed by atoms with Gasteiger partial charge in [-0.25, -0.2) is 9.97 Å². The number of rotatable bonds is 2. The molecule has 5 heteroatoms. The molecule has 0 radical (unpaired) electrons. The summed E-state index contributed by atoms with van der Waals surface area (Å²) in [4.78, 5) is 14.7. The predicted octanol–water partition coefficient (Wildman–Crippen LogP) is 4.59. The van der Waals surface area contributed by atoms with Crippen molar-refractivity contribution >= 4 is 28.8 Å². The number of fused-ring (bicyclic) bond motifs is 1. The molecule has 0 atom stereocenters. The lowest BCUT2D eigenvalue weighted by Gasteiger charge is -2.19. The number of ether oxygens (including phenoxy) is 1. The highest BCUT2D eigenvalue weighted by Gasteiger charge is 2.24. The molecule has 0 saturated carbocycles. The first-order chi connectivity index (χ1) is 11.2. The van der Waals surface area contributed by atoms with Crippen LogP contribution in [0, 0.1) is 6.92 Å². The summed E-state index contributed by atoms with van der Waals surface area (Å²) in [5.41, 5.74) is 2.54. The number of hydrogen-bond acceptors (Lipinski definition) is 5. The van der Waals surface area contributed by atoms with E-state index in [2.05, 4.69) is 21.5 Å². The van der Waals surface area contributed by atoms with Crippen LogP contribution in [-0.4, -0.2) is 15.9 Å². The monoisotopic (exact) mass is 319 g/mol. The third-order valence-electron chi connectivity index (χ3n) is 3.54. The van der Waals surface area contributed by atoms with Crippen molar-refractivity contribution in [1.82, 2.24) is 9.97 Å². The zero-order chi connectivity index (χ0) is 15.8. The SMILES string of the molecule is C=C1OC(c2cccs2)=Nc2nc(-c3ccccc3)nc(C)c21. The lowest BCUT2D eigenvalue weighted by molar-refractivity contribution is 0.504. The maximum absolute atomic E-state index is 5.77. The van der Waals surface area contributed by atoms with Crippen LogP contribution >= 0.6 is 11.3 Å². The summed E-state index contributed by atoms with van der Waals surface area (Å²) in [6.45, 7) is 5.92. The largest absolute Gasteiger partial charge is 0.437 e. The standard InChI is InChI=1S/C18H13N3OS/c1-11-15-12(2)22-18(14-9-6-10-23-14)21-17(15)20-16(19-11)13-7-4-3-5-8-13/h3-10H,2H2,1H3. The van der Waals surface area contributed by atoms with Gasteiger partial charge in [0.25, 0.3) is 0 Å². The van der Waals surface area contributed by atoms with E-state index < -0.39 is 0 Å². The molecule has 0 aliphatic carbocycles. The fourth-order valence-corrected chi connectivity index (χ4v) is 3.12. The molecule has 3 heterocycles. The summed E-state index contributed by atoms with van der Waals surface area (Å²) in [5, 5.41) is 1.99. The van der Waals surface area contributed by atoms with Crippen LogP contribution in [0.15, 0.2) is 59.4 Å². The second-order valence-corrected chi connectivity index (χ2v) is 6.06. The fourth-order valence-electron chi connectivity index (χ4n) is 2.47. The summed E-state index contributed by atoms with van der Waals surface area (Å²) in [7, 11) is 0. The van der Waals surface area contributed by atoms with E-state index in [1.165, 1.54) is 0 Å². The van der Waals surface area contributed by atoms with Crippen molar-refractivity contribution < 1.29 is 4.74 Å². The smallest absolute Gasteiger partial charge is 0.238 e. The molecule has 0 unspecified atom stereocenters. The minimum atomic E-state index is 0.537. The van der Waals surface area contributed by atoms with Crippen LogP contribution in [0.5, 0.6) is 0 Å². The highest BCUT2D eigenvalue weighted by atomic mass is 32.1. The molecule has 1 aliphatic rings. The Labute approximate surface area is 137 Å². The Balaban J connectivity index is 1.88. The average Bonchev–Trinajstić information content (AvgIpc) is 3.09. The summed E-state index contributed by atoms with van der Waals surface area (Å²) in [6, 6.07) is 13.8. The second-order valence-electron chi connectivity index (χ2n) is 5.12. The van der Waals surface area contributed by atoms with Gasteiger partial charge in [0.1, 0.15) is 5.76 Å². The van der Waals surface area contributed by atoms with E-state index in [9.17, 15) is 0 Å². The molecule has 4 rings (SSSR count). The summed E-state index contributed by atoms with van der Waals surface area (Å²) >= 11 is 1.57. The number of aliphatic imine (C=N–C) groups is 1. The topological polar surface area (TPSA) is 47.4 Å². The lowest BCUT2D eigenvalue weighted by Crippen LogP contribution is -2.12. The van der Waals surface area contributed by atoms with E-state index in [1.54, 1.807) is 11.3 Å². The van der Waals surface area contributed by atoms with Crippen molar-refractivity contribution in [2.24, 2.45) is 4.99 Å². The minimum absolute atomic E-state index is 0.537. The first-order valence-corrected chi connectivity index (χ1v) is 8.04. The van der Waals surface area contributed by atoms with Gasteiger partial charge in [0.2, 0.25) is 5.90 Å². The van der Waals surface area contributed by atoms with Gasteiger partial charge in [-0.05, 0) is 18.4 Å². The Morgan fingerprint density at radius 1 is 1.04 bits per heavy atom. The molecule has 0 saturated heterocycles. The van der Waals surface area contributed by atoms with Crippen LogP contribution in [0.25, 0.3) is 17.1 Å². The first-order valence-electron chi connectivity index (χ1n) is 7.16. The van der Waals surface area contributed by atoms with Gasteiger partial charge in [0, 0.05) is 5.56 Å². The van der Waals surface area contributed by atoms with Gasteiger partial charge < -0.3 is 4.74 Å². The second kappa shape index (κ2) is 5.44. The third-order valence-corrected chi connectivity index (χ3v) is 4.40. The van der Waals surface area contributed by atoms with Gasteiger partial charge in [0.05, 0.1) is 16.1 Å². The Morgan fingerprint density at radius 2 is 1.87 bits per heavy atom. The highest BCUT2D eigenvalue weighted by Crippen LogP contribution is 2.35. The molecule has 0 N–H and O–H groups in total. The quantitative estimate of drug-likeness (QED) is 0.694. The average molecular weight is 319 g/mol. The summed E-state index contributed by atoms with van der Waals surface area (Å²) in [6.07, 6.45) is 0. The Hall–Kier alpha value is -2.79. The summed E-state index contributed by atoms with van der Waals surface area (Å²) < 4.78 is 5.77. The normalized spacial score (nSPS) is 13.3. The van der Waals surface area contributed by atoms with Crippen molar-refractivity contribution in [2.75, 3.05) is 0 Å². The van der Waals surface area contributed by atoms with Crippen LogP contribution in [0.3, 0.4) is 0 Å². The summed E-state index contributed by atoms with van der Waals surface area (Å²) in [5.74, 6) is 2.34. The van der Waals surface area contributed by atoms with Crippen molar-refractivity contribution in [3.63, 3.8) is 0 Å². The molecule has 0 fully saturated rings. The predicted molar refractivity (Wildman–Crippen MR) is 92.8 cm³/mol. The van der Waals surface area contributed by atoms with Gasteiger partial charge in [0.15, 0.2) is 11.6 Å². The van der Waals surface area contributed by atoms with Gasteiger partial charge in [-0.3, -0.25) is 0 Å². The molecule has 0 amide bonds. The van der Waals surface area contributed by atoms with Gasteiger partial charge in [-0.2, -0.15) is 4.99 Å². The van der Waals surface area contributed by atoms with Crippen LogP contribution in [0.1, 0.15) is 16.1 Å². The third kappa shape index (κ3) is 2.45. The molecule has 3 aromatic rings. The van der Waals surface area contributed by atoms with Gasteiger partial charge in [-0.1, -0.05) is 43.0 Å². The zero-order valence-electron chi connectivity index (χ0n) is 12.5. The lowest BCUT2D eigenvalue weighted by atomic mass is 10.1. The van der Waals surface area contributed by atoms with Crippen LogP contribution in [-0.2, 0) is 4.74 Å². The van der Waals surface area contributed by atoms with Crippen molar-refractivity contribution in [1.29, 1.82) is 0 Å². The van der Waals surface area contributed by atoms with Crippen molar-refractivity contribution in [3.8, 4) is 11.4 Å². The van der Waals surface area contributed by atoms with E-state index in [4.69, 9.17) is 4.74 Å². The molecule has 112 valence electrons. The van der Waals surface area contributed by atoms with E-state index in [0.29, 0.717) is 23.3 Å². The molecule has 2 aromatic heterocycles. The fraction of sp³-hybridized carbons (Fsp3) is 0.0556. The molecule has 0 bridgehead atoms. The van der Waals surface area contributed by atoms with Gasteiger partial charge >= 0.3 is 0 Å². The molecule has 1 aromatic carbocycles. The van der Waals surface area contributed by atoms with Crippen LogP contribution in [0.4, 0.5) is 5.82 Å². The van der Waals surface area contributed by atoms with Crippen molar-refractivity contribution in [2.45, 2.75) is 6.92 Å².